The van der Waals surface area contributed by atoms with Crippen molar-refractivity contribution in [1.29, 1.82) is 0 Å². The molecule has 17 heavy (non-hydrogen) atoms. The summed E-state index contributed by atoms with van der Waals surface area (Å²) in [4.78, 5) is 4.97. The number of nitrogens with zero attached hydrogens (tertiary/aromatic N) is 1. The lowest BCUT2D eigenvalue weighted by Crippen LogP contribution is -2.39. The molecule has 4 aliphatic rings. The summed E-state index contributed by atoms with van der Waals surface area (Å²) in [5.74, 6) is 4.17. The summed E-state index contributed by atoms with van der Waals surface area (Å²) < 4.78 is 0. The Morgan fingerprint density at radius 2 is 1.82 bits per heavy atom. The van der Waals surface area contributed by atoms with Crippen molar-refractivity contribution >= 4 is 16.9 Å². The molecule has 0 aromatic rings. The van der Waals surface area contributed by atoms with Gasteiger partial charge >= 0.3 is 0 Å². The molecule has 0 saturated heterocycles. The van der Waals surface area contributed by atoms with Gasteiger partial charge in [-0.3, -0.25) is 4.99 Å². The minimum atomic E-state index is 0.665. The number of thioether (sulfide) groups is 1. The summed E-state index contributed by atoms with van der Waals surface area (Å²) in [7, 11) is 0. The van der Waals surface area contributed by atoms with Crippen LogP contribution in [0.1, 0.15) is 44.9 Å². The molecule has 94 valence electrons. The van der Waals surface area contributed by atoms with Crippen LogP contribution in [-0.4, -0.2) is 23.0 Å². The fraction of sp³-hybridized carbons (Fsp3) is 0.929. The minimum absolute atomic E-state index is 0.665. The molecule has 1 aliphatic heterocycles. The predicted octanol–water partition coefficient (Wildman–Crippen LogP) is 3.04. The maximum Gasteiger partial charge on any atom is 0.157 e. The van der Waals surface area contributed by atoms with E-state index in [4.69, 9.17) is 4.99 Å². The summed E-state index contributed by atoms with van der Waals surface area (Å²) in [6.45, 7) is 0. The van der Waals surface area contributed by atoms with E-state index in [1.165, 1.54) is 55.9 Å². The number of fused-ring (bicyclic) bond motifs is 1. The van der Waals surface area contributed by atoms with E-state index < -0.39 is 0 Å². The van der Waals surface area contributed by atoms with E-state index in [9.17, 15) is 0 Å². The van der Waals surface area contributed by atoms with E-state index >= 15 is 0 Å². The molecule has 0 bridgehead atoms. The van der Waals surface area contributed by atoms with Gasteiger partial charge in [0, 0.05) is 11.8 Å². The molecular formula is C14H22N2S. The molecule has 0 aromatic heterocycles. The lowest BCUT2D eigenvalue weighted by Gasteiger charge is -2.27. The fourth-order valence-electron chi connectivity index (χ4n) is 3.51. The van der Waals surface area contributed by atoms with Crippen molar-refractivity contribution in [2.45, 2.75) is 57.0 Å². The third-order valence-electron chi connectivity index (χ3n) is 4.89. The van der Waals surface area contributed by atoms with Crippen LogP contribution in [0, 0.1) is 17.8 Å². The summed E-state index contributed by atoms with van der Waals surface area (Å²) >= 11 is 2.00. The van der Waals surface area contributed by atoms with Crippen molar-refractivity contribution < 1.29 is 0 Å². The molecule has 0 spiro atoms. The standard InChI is InChI=1S/C14H22N2S/c1-2-11-8-17-14(15-12(11)3-1)16-13(9-4-5-9)10-6-7-10/h9-13H,1-8H2,(H,15,16). The summed E-state index contributed by atoms with van der Waals surface area (Å²) in [6, 6.07) is 1.44. The summed E-state index contributed by atoms with van der Waals surface area (Å²) in [6.07, 6.45) is 9.99. The Hall–Kier alpha value is -0.180. The second-order valence-electron chi connectivity index (χ2n) is 6.35. The molecule has 3 aliphatic carbocycles. The lowest BCUT2D eigenvalue weighted by atomic mass is 10.1. The zero-order valence-electron chi connectivity index (χ0n) is 10.4. The summed E-state index contributed by atoms with van der Waals surface area (Å²) in [5.41, 5.74) is 0. The number of hydrogen-bond acceptors (Lipinski definition) is 3. The highest BCUT2D eigenvalue weighted by molar-refractivity contribution is 8.13. The Labute approximate surface area is 108 Å². The highest BCUT2D eigenvalue weighted by atomic mass is 32.2. The third kappa shape index (κ3) is 2.23. The zero-order chi connectivity index (χ0) is 11.2. The number of amidine groups is 1. The van der Waals surface area contributed by atoms with Crippen molar-refractivity contribution in [3.05, 3.63) is 0 Å². The van der Waals surface area contributed by atoms with Crippen LogP contribution in [0.15, 0.2) is 4.99 Å². The van der Waals surface area contributed by atoms with Gasteiger partial charge in [-0.1, -0.05) is 18.2 Å². The molecule has 1 N–H and O–H groups in total. The molecule has 0 amide bonds. The average Bonchev–Trinajstić information content (AvgIpc) is 3.24. The Morgan fingerprint density at radius 3 is 2.53 bits per heavy atom. The Morgan fingerprint density at radius 1 is 1.06 bits per heavy atom. The number of hydrogen-bond donors (Lipinski definition) is 1. The van der Waals surface area contributed by atoms with Gasteiger partial charge in [-0.05, 0) is 56.3 Å². The third-order valence-corrected chi connectivity index (χ3v) is 5.98. The van der Waals surface area contributed by atoms with Gasteiger partial charge in [-0.25, -0.2) is 0 Å². The van der Waals surface area contributed by atoms with Gasteiger partial charge in [0.15, 0.2) is 5.17 Å². The molecule has 3 saturated carbocycles. The van der Waals surface area contributed by atoms with E-state index in [-0.39, 0.29) is 0 Å². The second kappa shape index (κ2) is 4.18. The molecule has 0 radical (unpaired) electrons. The van der Waals surface area contributed by atoms with Crippen LogP contribution in [-0.2, 0) is 0 Å². The summed E-state index contributed by atoms with van der Waals surface area (Å²) in [5, 5.41) is 5.09. The molecule has 3 heteroatoms. The Kier molecular flexibility index (Phi) is 2.64. The molecular weight excluding hydrogens is 228 g/mol. The van der Waals surface area contributed by atoms with Gasteiger partial charge in [0.25, 0.3) is 0 Å². The van der Waals surface area contributed by atoms with E-state index in [1.807, 2.05) is 11.8 Å². The minimum Gasteiger partial charge on any atom is -0.362 e. The maximum atomic E-state index is 4.97. The van der Waals surface area contributed by atoms with E-state index in [2.05, 4.69) is 5.32 Å². The smallest absolute Gasteiger partial charge is 0.157 e. The number of aliphatic imine (C=N–C) groups is 1. The first-order chi connectivity index (χ1) is 8.40. The van der Waals surface area contributed by atoms with Crippen LogP contribution in [0.5, 0.6) is 0 Å². The largest absolute Gasteiger partial charge is 0.362 e. The molecule has 2 nitrogen and oxygen atoms in total. The van der Waals surface area contributed by atoms with Crippen LogP contribution in [0.3, 0.4) is 0 Å². The van der Waals surface area contributed by atoms with E-state index in [0.29, 0.717) is 6.04 Å². The van der Waals surface area contributed by atoms with Gasteiger partial charge in [0.2, 0.25) is 0 Å². The highest BCUT2D eigenvalue weighted by Crippen LogP contribution is 2.45. The van der Waals surface area contributed by atoms with Gasteiger partial charge in [0.1, 0.15) is 0 Å². The quantitative estimate of drug-likeness (QED) is 0.832. The van der Waals surface area contributed by atoms with Crippen LogP contribution in [0.2, 0.25) is 0 Å². The van der Waals surface area contributed by atoms with Crippen LogP contribution < -0.4 is 5.32 Å². The first-order valence-corrected chi connectivity index (χ1v) is 8.36. The van der Waals surface area contributed by atoms with Crippen molar-refractivity contribution in [3.8, 4) is 0 Å². The first-order valence-electron chi connectivity index (χ1n) is 7.37. The molecule has 4 rings (SSSR count). The Balaban J connectivity index is 1.43. The second-order valence-corrected chi connectivity index (χ2v) is 7.36. The molecule has 0 aromatic carbocycles. The van der Waals surface area contributed by atoms with Crippen molar-refractivity contribution in [1.82, 2.24) is 5.32 Å². The predicted molar refractivity (Wildman–Crippen MR) is 73.4 cm³/mol. The van der Waals surface area contributed by atoms with E-state index in [0.717, 1.165) is 23.8 Å². The van der Waals surface area contributed by atoms with Gasteiger partial charge in [-0.15, -0.1) is 0 Å². The average molecular weight is 250 g/mol. The van der Waals surface area contributed by atoms with Crippen LogP contribution in [0.25, 0.3) is 0 Å². The fourth-order valence-corrected chi connectivity index (χ4v) is 4.70. The van der Waals surface area contributed by atoms with Crippen LogP contribution in [0.4, 0.5) is 0 Å². The van der Waals surface area contributed by atoms with E-state index in [1.54, 1.807) is 0 Å². The van der Waals surface area contributed by atoms with Gasteiger partial charge < -0.3 is 5.32 Å². The molecule has 1 heterocycles. The maximum absolute atomic E-state index is 4.97. The monoisotopic (exact) mass is 250 g/mol. The van der Waals surface area contributed by atoms with Crippen molar-refractivity contribution in [3.63, 3.8) is 0 Å². The Bertz CT molecular complexity index is 321. The van der Waals surface area contributed by atoms with Crippen LogP contribution >= 0.6 is 11.8 Å². The van der Waals surface area contributed by atoms with Crippen molar-refractivity contribution in [2.75, 3.05) is 5.75 Å². The highest BCUT2D eigenvalue weighted by Gasteiger charge is 2.42. The first kappa shape index (κ1) is 10.7. The lowest BCUT2D eigenvalue weighted by molar-refractivity contribution is 0.476. The molecule has 2 unspecified atom stereocenters. The zero-order valence-corrected chi connectivity index (χ0v) is 11.2. The molecule has 2 atom stereocenters. The SMILES string of the molecule is C1CC2CSC(NC(C3CC3)C3CC3)=NC2C1. The number of nitrogens with one attached hydrogen (secondary N) is 1. The number of rotatable bonds is 3. The molecule has 3 fully saturated rings. The normalized spacial score (nSPS) is 36.9. The topological polar surface area (TPSA) is 24.4 Å². The van der Waals surface area contributed by atoms with Gasteiger partial charge in [-0.2, -0.15) is 0 Å². The van der Waals surface area contributed by atoms with Crippen molar-refractivity contribution in [2.24, 2.45) is 22.7 Å². The van der Waals surface area contributed by atoms with Gasteiger partial charge in [0.05, 0.1) is 6.04 Å².